The van der Waals surface area contributed by atoms with E-state index in [1.165, 1.54) is 0 Å². The highest BCUT2D eigenvalue weighted by molar-refractivity contribution is 5.92. The van der Waals surface area contributed by atoms with Crippen molar-refractivity contribution in [3.05, 3.63) is 59.8 Å². The molecule has 0 fully saturated rings. The molecule has 3 heterocycles. The second kappa shape index (κ2) is 6.43. The van der Waals surface area contributed by atoms with E-state index < -0.39 is 0 Å². The number of hydrogen-bond donors (Lipinski definition) is 1. The Balaban J connectivity index is 1.60. The van der Waals surface area contributed by atoms with Crippen LogP contribution in [0.2, 0.25) is 0 Å². The molecule has 7 heteroatoms. The second-order valence-corrected chi connectivity index (χ2v) is 6.07. The van der Waals surface area contributed by atoms with Crippen molar-refractivity contribution in [3.63, 3.8) is 0 Å². The molecule has 0 spiro atoms. The van der Waals surface area contributed by atoms with Crippen molar-refractivity contribution in [1.82, 2.24) is 30.0 Å². The number of aromatic nitrogens is 5. The van der Waals surface area contributed by atoms with E-state index in [2.05, 4.69) is 25.4 Å². The Bertz CT molecular complexity index is 905. The Morgan fingerprint density at radius 2 is 2.16 bits per heavy atom. The molecule has 1 N–H and O–H groups in total. The molecular formula is C18H18N6O. The molecule has 0 saturated carbocycles. The molecule has 126 valence electrons. The van der Waals surface area contributed by atoms with Crippen LogP contribution in [0.3, 0.4) is 0 Å². The van der Waals surface area contributed by atoms with Crippen molar-refractivity contribution < 1.29 is 4.79 Å². The summed E-state index contributed by atoms with van der Waals surface area (Å²) < 4.78 is 1.57. The lowest BCUT2D eigenvalue weighted by Gasteiger charge is -2.25. The molecule has 0 radical (unpaired) electrons. The smallest absolute Gasteiger partial charge is 0.270 e. The number of amides is 1. The van der Waals surface area contributed by atoms with Gasteiger partial charge in [-0.2, -0.15) is 5.10 Å². The van der Waals surface area contributed by atoms with Crippen molar-refractivity contribution >= 4 is 5.91 Å². The zero-order valence-electron chi connectivity index (χ0n) is 13.9. The minimum Gasteiger partial charge on any atom is -0.344 e. The molecule has 25 heavy (non-hydrogen) atoms. The predicted octanol–water partition coefficient (Wildman–Crippen LogP) is 2.08. The molecule has 0 saturated heterocycles. The number of nitrogens with zero attached hydrogens (tertiary/aromatic N) is 5. The van der Waals surface area contributed by atoms with Crippen molar-refractivity contribution in [1.29, 1.82) is 0 Å². The van der Waals surface area contributed by atoms with Gasteiger partial charge in [-0.05, 0) is 37.5 Å². The summed E-state index contributed by atoms with van der Waals surface area (Å²) in [5, 5.41) is 7.13. The SMILES string of the molecule is Cn1nccc1C(=O)N[C@@H]1CCCc2nc(-c3ccccn3)ncc21. The van der Waals surface area contributed by atoms with Gasteiger partial charge in [0.2, 0.25) is 0 Å². The fraction of sp³-hybridized carbons (Fsp3) is 0.278. The standard InChI is InChI=1S/C18H18N6O/c1-24-16(8-10-21-24)18(25)23-14-7-4-6-13-12(14)11-20-17(22-13)15-5-2-3-9-19-15/h2-3,5,8-11,14H,4,6-7H2,1H3,(H,23,25)/t14-/m1/s1. The van der Waals surface area contributed by atoms with Gasteiger partial charge in [-0.1, -0.05) is 6.07 Å². The topological polar surface area (TPSA) is 85.6 Å². The van der Waals surface area contributed by atoms with E-state index in [9.17, 15) is 4.79 Å². The molecule has 0 unspecified atom stereocenters. The van der Waals surface area contributed by atoms with E-state index >= 15 is 0 Å². The lowest BCUT2D eigenvalue weighted by molar-refractivity contribution is 0.0923. The molecule has 1 atom stereocenters. The van der Waals surface area contributed by atoms with Gasteiger partial charge in [0.25, 0.3) is 5.91 Å². The molecule has 1 aliphatic rings. The summed E-state index contributed by atoms with van der Waals surface area (Å²) >= 11 is 0. The van der Waals surface area contributed by atoms with Crippen LogP contribution in [0, 0.1) is 0 Å². The maximum atomic E-state index is 12.5. The number of carbonyl (C=O) groups is 1. The average Bonchev–Trinajstić information content (AvgIpc) is 3.08. The van der Waals surface area contributed by atoms with Gasteiger partial charge >= 0.3 is 0 Å². The van der Waals surface area contributed by atoms with Gasteiger partial charge in [-0.3, -0.25) is 14.5 Å². The molecule has 0 aromatic carbocycles. The largest absolute Gasteiger partial charge is 0.344 e. The van der Waals surface area contributed by atoms with Gasteiger partial charge < -0.3 is 5.32 Å². The van der Waals surface area contributed by atoms with Gasteiger partial charge in [0, 0.05) is 36.9 Å². The molecule has 4 rings (SSSR count). The molecule has 1 aliphatic carbocycles. The summed E-state index contributed by atoms with van der Waals surface area (Å²) in [5.74, 6) is 0.490. The zero-order valence-corrected chi connectivity index (χ0v) is 13.9. The van der Waals surface area contributed by atoms with Crippen LogP contribution in [0.4, 0.5) is 0 Å². The fourth-order valence-electron chi connectivity index (χ4n) is 3.14. The third-order valence-electron chi connectivity index (χ3n) is 4.43. The second-order valence-electron chi connectivity index (χ2n) is 6.07. The van der Waals surface area contributed by atoms with Crippen LogP contribution in [0.5, 0.6) is 0 Å². The molecule has 1 amide bonds. The van der Waals surface area contributed by atoms with Crippen LogP contribution < -0.4 is 5.32 Å². The molecule has 0 bridgehead atoms. The highest BCUT2D eigenvalue weighted by Gasteiger charge is 2.25. The molecule has 3 aromatic rings. The number of fused-ring (bicyclic) bond motifs is 1. The monoisotopic (exact) mass is 334 g/mol. The molecule has 7 nitrogen and oxygen atoms in total. The summed E-state index contributed by atoms with van der Waals surface area (Å²) in [7, 11) is 1.76. The highest BCUT2D eigenvalue weighted by Crippen LogP contribution is 2.29. The first-order valence-corrected chi connectivity index (χ1v) is 8.28. The number of carbonyl (C=O) groups excluding carboxylic acids is 1. The maximum Gasteiger partial charge on any atom is 0.270 e. The van der Waals surface area contributed by atoms with Crippen molar-refractivity contribution in [2.24, 2.45) is 7.05 Å². The first-order valence-electron chi connectivity index (χ1n) is 8.28. The van der Waals surface area contributed by atoms with E-state index in [0.29, 0.717) is 11.5 Å². The minimum atomic E-state index is -0.133. The number of nitrogens with one attached hydrogen (secondary N) is 1. The van der Waals surface area contributed by atoms with Gasteiger partial charge in [0.1, 0.15) is 11.4 Å². The minimum absolute atomic E-state index is 0.0797. The Labute approximate surface area is 145 Å². The van der Waals surface area contributed by atoms with E-state index in [1.807, 2.05) is 24.4 Å². The van der Waals surface area contributed by atoms with Gasteiger partial charge in [0.15, 0.2) is 5.82 Å². The Morgan fingerprint density at radius 3 is 2.92 bits per heavy atom. The molecule has 0 aliphatic heterocycles. The van der Waals surface area contributed by atoms with E-state index in [1.54, 1.807) is 30.2 Å². The summed E-state index contributed by atoms with van der Waals surface area (Å²) in [4.78, 5) is 25.9. The molecular weight excluding hydrogens is 316 g/mol. The Hall–Kier alpha value is -3.09. The number of rotatable bonds is 3. The van der Waals surface area contributed by atoms with Crippen molar-refractivity contribution in [2.45, 2.75) is 25.3 Å². The number of aryl methyl sites for hydroxylation is 2. The summed E-state index contributed by atoms with van der Waals surface area (Å²) in [6, 6.07) is 7.31. The Kier molecular flexibility index (Phi) is 3.97. The normalized spacial score (nSPS) is 16.3. The lowest BCUT2D eigenvalue weighted by Crippen LogP contribution is -2.32. The van der Waals surface area contributed by atoms with Crippen LogP contribution in [-0.2, 0) is 13.5 Å². The lowest BCUT2D eigenvalue weighted by atomic mass is 9.92. The summed E-state index contributed by atoms with van der Waals surface area (Å²) in [6.07, 6.45) is 7.90. The maximum absolute atomic E-state index is 12.5. The highest BCUT2D eigenvalue weighted by atomic mass is 16.2. The van der Waals surface area contributed by atoms with Crippen LogP contribution in [0.25, 0.3) is 11.5 Å². The third-order valence-corrected chi connectivity index (χ3v) is 4.43. The first-order chi connectivity index (χ1) is 12.2. The third kappa shape index (κ3) is 3.00. The summed E-state index contributed by atoms with van der Waals surface area (Å²) in [6.45, 7) is 0. The average molecular weight is 334 g/mol. The summed E-state index contributed by atoms with van der Waals surface area (Å²) in [5.41, 5.74) is 3.27. The fourth-order valence-corrected chi connectivity index (χ4v) is 3.14. The van der Waals surface area contributed by atoms with Crippen LogP contribution in [0.1, 0.15) is 40.6 Å². The number of pyridine rings is 1. The van der Waals surface area contributed by atoms with E-state index in [-0.39, 0.29) is 11.9 Å². The van der Waals surface area contributed by atoms with Crippen LogP contribution in [0.15, 0.2) is 42.9 Å². The zero-order chi connectivity index (χ0) is 17.2. The quantitative estimate of drug-likeness (QED) is 0.792. The van der Waals surface area contributed by atoms with Crippen LogP contribution in [-0.4, -0.2) is 30.6 Å². The van der Waals surface area contributed by atoms with Crippen molar-refractivity contribution in [2.75, 3.05) is 0 Å². The van der Waals surface area contributed by atoms with E-state index in [4.69, 9.17) is 0 Å². The van der Waals surface area contributed by atoms with Gasteiger partial charge in [-0.25, -0.2) is 9.97 Å². The molecule has 3 aromatic heterocycles. The van der Waals surface area contributed by atoms with Crippen LogP contribution >= 0.6 is 0 Å². The Morgan fingerprint density at radius 1 is 1.24 bits per heavy atom. The number of hydrogen-bond acceptors (Lipinski definition) is 5. The van der Waals surface area contributed by atoms with Gasteiger partial charge in [-0.15, -0.1) is 0 Å². The van der Waals surface area contributed by atoms with E-state index in [0.717, 1.165) is 36.2 Å². The van der Waals surface area contributed by atoms with Gasteiger partial charge in [0.05, 0.1) is 6.04 Å². The first kappa shape index (κ1) is 15.4. The van der Waals surface area contributed by atoms with Crippen molar-refractivity contribution in [3.8, 4) is 11.5 Å². The predicted molar refractivity (Wildman–Crippen MR) is 91.6 cm³/mol.